The van der Waals surface area contributed by atoms with Gasteiger partial charge >= 0.3 is 0 Å². The van der Waals surface area contributed by atoms with Crippen LogP contribution in [0.25, 0.3) is 5.65 Å². The van der Waals surface area contributed by atoms with Crippen molar-refractivity contribution in [2.24, 2.45) is 0 Å². The first-order valence-electron chi connectivity index (χ1n) is 4.54. The van der Waals surface area contributed by atoms with Crippen molar-refractivity contribution in [3.8, 4) is 0 Å². The molecule has 0 saturated heterocycles. The van der Waals surface area contributed by atoms with Crippen LogP contribution in [0.4, 0.5) is 0 Å². The van der Waals surface area contributed by atoms with Crippen LogP contribution in [0, 0.1) is 6.92 Å². The average Bonchev–Trinajstić information content (AvgIpc) is 2.58. The molecule has 2 heterocycles. The van der Waals surface area contributed by atoms with E-state index in [4.69, 9.17) is 4.74 Å². The van der Waals surface area contributed by atoms with E-state index in [9.17, 15) is 4.79 Å². The van der Waals surface area contributed by atoms with Gasteiger partial charge in [-0.2, -0.15) is 0 Å². The molecule has 2 rings (SSSR count). The maximum atomic E-state index is 10.7. The van der Waals surface area contributed by atoms with Gasteiger partial charge in [-0.15, -0.1) is 5.10 Å². The Balaban J connectivity index is 2.56. The zero-order chi connectivity index (χ0) is 10.8. The molecule has 0 amide bonds. The summed E-state index contributed by atoms with van der Waals surface area (Å²) in [6, 6.07) is 1.83. The van der Waals surface area contributed by atoms with Gasteiger partial charge in [0, 0.05) is 18.9 Å². The van der Waals surface area contributed by atoms with Gasteiger partial charge in [0.2, 0.25) is 0 Å². The van der Waals surface area contributed by atoms with Crippen LogP contribution in [0.3, 0.4) is 0 Å². The summed E-state index contributed by atoms with van der Waals surface area (Å²) in [4.78, 5) is 15.0. The fourth-order valence-electron chi connectivity index (χ4n) is 1.40. The number of hydrogen-bond donors (Lipinski definition) is 0. The van der Waals surface area contributed by atoms with Crippen LogP contribution in [0.2, 0.25) is 0 Å². The molecule has 5 nitrogen and oxygen atoms in total. The van der Waals surface area contributed by atoms with E-state index in [2.05, 4.69) is 10.1 Å². The lowest BCUT2D eigenvalue weighted by Crippen LogP contribution is -1.95. The largest absolute Gasteiger partial charge is 0.377 e. The van der Waals surface area contributed by atoms with Crippen molar-refractivity contribution >= 4 is 11.9 Å². The maximum Gasteiger partial charge on any atom is 0.177 e. The number of fused-ring (bicyclic) bond motifs is 1. The Hall–Kier alpha value is -1.75. The highest BCUT2D eigenvalue weighted by atomic mass is 16.5. The van der Waals surface area contributed by atoms with E-state index in [1.165, 1.54) is 0 Å². The first-order valence-corrected chi connectivity index (χ1v) is 4.54. The Morgan fingerprint density at radius 2 is 2.40 bits per heavy atom. The molecule has 5 heteroatoms. The monoisotopic (exact) mass is 205 g/mol. The van der Waals surface area contributed by atoms with Crippen LogP contribution in [-0.2, 0) is 11.3 Å². The minimum Gasteiger partial charge on any atom is -0.377 e. The van der Waals surface area contributed by atoms with Crippen molar-refractivity contribution in [1.82, 2.24) is 14.6 Å². The Morgan fingerprint density at radius 3 is 3.07 bits per heavy atom. The number of pyridine rings is 1. The molecule has 0 spiro atoms. The van der Waals surface area contributed by atoms with E-state index in [-0.39, 0.29) is 0 Å². The number of ether oxygens (including phenoxy) is 1. The van der Waals surface area contributed by atoms with Gasteiger partial charge in [0.1, 0.15) is 6.61 Å². The van der Waals surface area contributed by atoms with Gasteiger partial charge in [-0.3, -0.25) is 4.79 Å². The number of rotatable bonds is 3. The molecule has 15 heavy (non-hydrogen) atoms. The Kier molecular flexibility index (Phi) is 2.47. The van der Waals surface area contributed by atoms with Crippen LogP contribution >= 0.6 is 0 Å². The van der Waals surface area contributed by atoms with Crippen LogP contribution in [-0.4, -0.2) is 28.0 Å². The molecule has 2 aromatic rings. The maximum absolute atomic E-state index is 10.7. The standard InChI is InChI=1S/C10H11N3O2/c1-7-3-10-11-9(6-15-2)12-13(10)4-8(7)5-14/h3-5H,6H2,1-2H3. The highest BCUT2D eigenvalue weighted by Gasteiger charge is 2.05. The summed E-state index contributed by atoms with van der Waals surface area (Å²) in [5.74, 6) is 0.611. The molecular formula is C10H11N3O2. The molecule has 0 N–H and O–H groups in total. The molecular weight excluding hydrogens is 194 g/mol. The molecule has 0 radical (unpaired) electrons. The summed E-state index contributed by atoms with van der Waals surface area (Å²) in [6.07, 6.45) is 2.48. The number of aldehydes is 1. The van der Waals surface area contributed by atoms with Gasteiger partial charge in [-0.05, 0) is 18.6 Å². The van der Waals surface area contributed by atoms with Crippen LogP contribution in [0.15, 0.2) is 12.3 Å². The van der Waals surface area contributed by atoms with Gasteiger partial charge in [0.25, 0.3) is 0 Å². The number of hydrogen-bond acceptors (Lipinski definition) is 4. The molecule has 78 valence electrons. The number of aromatic nitrogens is 3. The normalized spacial score (nSPS) is 10.8. The minimum atomic E-state index is 0.372. The molecule has 0 aliphatic rings. The van der Waals surface area contributed by atoms with Gasteiger partial charge in [0.15, 0.2) is 17.8 Å². The Labute approximate surface area is 86.7 Å². The molecule has 0 atom stereocenters. The van der Waals surface area contributed by atoms with E-state index in [0.717, 1.165) is 17.5 Å². The number of aryl methyl sites for hydroxylation is 1. The highest BCUT2D eigenvalue weighted by molar-refractivity contribution is 5.77. The zero-order valence-electron chi connectivity index (χ0n) is 8.60. The third-order valence-corrected chi connectivity index (χ3v) is 2.16. The lowest BCUT2D eigenvalue weighted by molar-refractivity contribution is 0.112. The molecule has 0 bridgehead atoms. The van der Waals surface area contributed by atoms with E-state index in [1.54, 1.807) is 17.8 Å². The molecule has 0 aromatic carbocycles. The molecule has 0 unspecified atom stereocenters. The number of nitrogens with zero attached hydrogens (tertiary/aromatic N) is 3. The van der Waals surface area contributed by atoms with Crippen molar-refractivity contribution in [3.63, 3.8) is 0 Å². The molecule has 0 saturated carbocycles. The second kappa shape index (κ2) is 3.78. The molecule has 0 fully saturated rings. The Bertz CT molecular complexity index is 505. The lowest BCUT2D eigenvalue weighted by atomic mass is 10.2. The van der Waals surface area contributed by atoms with Crippen molar-refractivity contribution in [3.05, 3.63) is 29.2 Å². The summed E-state index contributed by atoms with van der Waals surface area (Å²) >= 11 is 0. The zero-order valence-corrected chi connectivity index (χ0v) is 8.60. The van der Waals surface area contributed by atoms with Crippen LogP contribution in [0.5, 0.6) is 0 Å². The number of carbonyl (C=O) groups is 1. The third kappa shape index (κ3) is 1.73. The summed E-state index contributed by atoms with van der Waals surface area (Å²) < 4.78 is 6.52. The second-order valence-electron chi connectivity index (χ2n) is 3.29. The van der Waals surface area contributed by atoms with Gasteiger partial charge in [-0.25, -0.2) is 9.50 Å². The first-order chi connectivity index (χ1) is 7.24. The fourth-order valence-corrected chi connectivity index (χ4v) is 1.40. The van der Waals surface area contributed by atoms with E-state index in [0.29, 0.717) is 18.0 Å². The molecule has 0 aliphatic carbocycles. The quantitative estimate of drug-likeness (QED) is 0.701. The van der Waals surface area contributed by atoms with Gasteiger partial charge in [-0.1, -0.05) is 0 Å². The highest BCUT2D eigenvalue weighted by Crippen LogP contribution is 2.09. The number of methoxy groups -OCH3 is 1. The average molecular weight is 205 g/mol. The fraction of sp³-hybridized carbons (Fsp3) is 0.300. The van der Waals surface area contributed by atoms with E-state index in [1.807, 2.05) is 13.0 Å². The van der Waals surface area contributed by atoms with E-state index < -0.39 is 0 Å². The topological polar surface area (TPSA) is 56.5 Å². The van der Waals surface area contributed by atoms with Gasteiger partial charge < -0.3 is 4.74 Å². The van der Waals surface area contributed by atoms with Crippen LogP contribution in [0.1, 0.15) is 21.7 Å². The van der Waals surface area contributed by atoms with Crippen molar-refractivity contribution < 1.29 is 9.53 Å². The summed E-state index contributed by atoms with van der Waals surface area (Å²) in [5.41, 5.74) is 2.25. The first kappa shape index (κ1) is 9.79. The predicted octanol–water partition coefficient (Wildman–Crippen LogP) is 0.997. The Morgan fingerprint density at radius 1 is 1.60 bits per heavy atom. The van der Waals surface area contributed by atoms with Crippen LogP contribution < -0.4 is 0 Å². The summed E-state index contributed by atoms with van der Waals surface area (Å²) in [6.45, 7) is 2.24. The van der Waals surface area contributed by atoms with Crippen molar-refractivity contribution in [1.29, 1.82) is 0 Å². The minimum absolute atomic E-state index is 0.372. The van der Waals surface area contributed by atoms with Crippen molar-refractivity contribution in [2.45, 2.75) is 13.5 Å². The summed E-state index contributed by atoms with van der Waals surface area (Å²) in [5, 5.41) is 4.17. The second-order valence-corrected chi connectivity index (χ2v) is 3.29. The molecule has 2 aromatic heterocycles. The third-order valence-electron chi connectivity index (χ3n) is 2.16. The predicted molar refractivity (Wildman–Crippen MR) is 53.8 cm³/mol. The lowest BCUT2D eigenvalue weighted by Gasteiger charge is -1.97. The SMILES string of the molecule is COCc1nc2cc(C)c(C=O)cn2n1. The molecule has 0 aliphatic heterocycles. The van der Waals surface area contributed by atoms with Gasteiger partial charge in [0.05, 0.1) is 0 Å². The number of carbonyl (C=O) groups excluding carboxylic acids is 1. The van der Waals surface area contributed by atoms with Crippen molar-refractivity contribution in [2.75, 3.05) is 7.11 Å². The van der Waals surface area contributed by atoms with E-state index >= 15 is 0 Å². The smallest absolute Gasteiger partial charge is 0.177 e. The summed E-state index contributed by atoms with van der Waals surface area (Å²) in [7, 11) is 1.59.